The number of carbonyl (C=O) groups excluding carboxylic acids is 1. The minimum Gasteiger partial charge on any atom is -0.496 e. The first-order valence-electron chi connectivity index (χ1n) is 7.87. The summed E-state index contributed by atoms with van der Waals surface area (Å²) in [5.41, 5.74) is 1.35. The van der Waals surface area contributed by atoms with Gasteiger partial charge in [0.1, 0.15) is 17.4 Å². The maximum atomic E-state index is 12.4. The van der Waals surface area contributed by atoms with Gasteiger partial charge in [-0.05, 0) is 47.4 Å². The predicted molar refractivity (Wildman–Crippen MR) is 104 cm³/mol. The summed E-state index contributed by atoms with van der Waals surface area (Å²) in [7, 11) is 1.61. The number of carbonyl (C=O) groups is 1. The maximum Gasteiger partial charge on any atom is 0.266 e. The zero-order valence-corrected chi connectivity index (χ0v) is 14.7. The lowest BCUT2D eigenvalue weighted by Crippen LogP contribution is -2.13. The van der Waals surface area contributed by atoms with E-state index in [9.17, 15) is 10.1 Å². The van der Waals surface area contributed by atoms with Crippen molar-refractivity contribution in [1.82, 2.24) is 0 Å². The highest BCUT2D eigenvalue weighted by atomic mass is 35.5. The van der Waals surface area contributed by atoms with Crippen LogP contribution in [-0.4, -0.2) is 13.0 Å². The van der Waals surface area contributed by atoms with Crippen molar-refractivity contribution in [3.8, 4) is 11.8 Å². The summed E-state index contributed by atoms with van der Waals surface area (Å²) >= 11 is 5.84. The molecule has 128 valence electrons. The number of ether oxygens (including phenoxy) is 1. The van der Waals surface area contributed by atoms with Gasteiger partial charge in [0.15, 0.2) is 0 Å². The minimum atomic E-state index is -0.477. The molecule has 1 N–H and O–H groups in total. The summed E-state index contributed by atoms with van der Waals surface area (Å²) in [6.07, 6.45) is 1.58. The van der Waals surface area contributed by atoms with Gasteiger partial charge in [0.2, 0.25) is 0 Å². The number of halogens is 1. The molecule has 0 bridgehead atoms. The number of nitrogens with one attached hydrogen (secondary N) is 1. The largest absolute Gasteiger partial charge is 0.496 e. The van der Waals surface area contributed by atoms with Gasteiger partial charge in [0.05, 0.1) is 7.11 Å². The van der Waals surface area contributed by atoms with Crippen molar-refractivity contribution in [3.63, 3.8) is 0 Å². The van der Waals surface area contributed by atoms with Crippen molar-refractivity contribution in [3.05, 3.63) is 76.8 Å². The van der Waals surface area contributed by atoms with Crippen LogP contribution in [0.4, 0.5) is 5.69 Å². The smallest absolute Gasteiger partial charge is 0.266 e. The third-order valence-electron chi connectivity index (χ3n) is 3.90. The molecule has 0 heterocycles. The Balaban J connectivity index is 1.97. The van der Waals surface area contributed by atoms with Gasteiger partial charge >= 0.3 is 0 Å². The van der Waals surface area contributed by atoms with Crippen LogP contribution in [0.25, 0.3) is 16.8 Å². The molecule has 0 radical (unpaired) electrons. The Hall–Kier alpha value is -3.29. The van der Waals surface area contributed by atoms with E-state index in [0.29, 0.717) is 10.7 Å². The van der Waals surface area contributed by atoms with Crippen LogP contribution in [0.1, 0.15) is 5.56 Å². The number of nitriles is 1. The van der Waals surface area contributed by atoms with Crippen LogP contribution in [-0.2, 0) is 4.79 Å². The fraction of sp³-hybridized carbons (Fsp3) is 0.0476. The van der Waals surface area contributed by atoms with Gasteiger partial charge in [-0.1, -0.05) is 41.9 Å². The zero-order valence-electron chi connectivity index (χ0n) is 14.0. The number of anilines is 1. The van der Waals surface area contributed by atoms with Crippen LogP contribution < -0.4 is 10.1 Å². The molecule has 0 aliphatic rings. The molecule has 4 nitrogen and oxygen atoms in total. The minimum absolute atomic E-state index is 0.00951. The molecule has 1 amide bonds. The van der Waals surface area contributed by atoms with Crippen LogP contribution in [0.3, 0.4) is 0 Å². The van der Waals surface area contributed by atoms with E-state index < -0.39 is 5.91 Å². The summed E-state index contributed by atoms with van der Waals surface area (Å²) in [5, 5.41) is 14.5. The van der Waals surface area contributed by atoms with Gasteiger partial charge in [-0.2, -0.15) is 5.26 Å². The molecule has 3 rings (SSSR count). The molecule has 0 saturated heterocycles. The topological polar surface area (TPSA) is 62.1 Å². The van der Waals surface area contributed by atoms with Crippen molar-refractivity contribution in [2.45, 2.75) is 0 Å². The van der Waals surface area contributed by atoms with Gasteiger partial charge in [0.25, 0.3) is 5.91 Å². The zero-order chi connectivity index (χ0) is 18.5. The van der Waals surface area contributed by atoms with Gasteiger partial charge in [-0.15, -0.1) is 0 Å². The quantitative estimate of drug-likeness (QED) is 0.522. The van der Waals surface area contributed by atoms with Crippen molar-refractivity contribution < 1.29 is 9.53 Å². The second-order valence-electron chi connectivity index (χ2n) is 5.53. The average Bonchev–Trinajstić information content (AvgIpc) is 2.67. The molecule has 0 fully saturated rings. The Labute approximate surface area is 156 Å². The SMILES string of the molecule is COc1ccc(/C=C(/C#N)C(=O)Nc2ccc(Cl)cc2)c2ccccc12. The molecule has 5 heteroatoms. The van der Waals surface area contributed by atoms with Crippen molar-refractivity contribution in [2.75, 3.05) is 12.4 Å². The second kappa shape index (κ2) is 7.73. The molecular weight excluding hydrogens is 348 g/mol. The lowest BCUT2D eigenvalue weighted by atomic mass is 10.0. The second-order valence-corrected chi connectivity index (χ2v) is 5.97. The van der Waals surface area contributed by atoms with Crippen LogP contribution in [0, 0.1) is 11.3 Å². The summed E-state index contributed by atoms with van der Waals surface area (Å²) in [5.74, 6) is 0.261. The first kappa shape index (κ1) is 17.5. The van der Waals surface area contributed by atoms with Gasteiger partial charge in [0, 0.05) is 16.1 Å². The van der Waals surface area contributed by atoms with E-state index in [1.54, 1.807) is 37.5 Å². The van der Waals surface area contributed by atoms with E-state index in [2.05, 4.69) is 5.32 Å². The van der Waals surface area contributed by atoms with E-state index in [1.807, 2.05) is 42.5 Å². The fourth-order valence-corrected chi connectivity index (χ4v) is 2.76. The Morgan fingerprint density at radius 3 is 2.42 bits per heavy atom. The highest BCUT2D eigenvalue weighted by molar-refractivity contribution is 6.30. The third kappa shape index (κ3) is 3.69. The number of nitrogens with zero attached hydrogens (tertiary/aromatic N) is 1. The summed E-state index contributed by atoms with van der Waals surface area (Å²) in [6.45, 7) is 0. The summed E-state index contributed by atoms with van der Waals surface area (Å²) in [6, 6.07) is 20.0. The molecule has 0 aromatic heterocycles. The predicted octanol–water partition coefficient (Wildman–Crippen LogP) is 5.05. The van der Waals surface area contributed by atoms with E-state index in [-0.39, 0.29) is 5.57 Å². The number of hydrogen-bond acceptors (Lipinski definition) is 3. The lowest BCUT2D eigenvalue weighted by Gasteiger charge is -2.09. The summed E-state index contributed by atoms with van der Waals surface area (Å²) in [4.78, 5) is 12.4. The van der Waals surface area contributed by atoms with Crippen LogP contribution in [0.15, 0.2) is 66.2 Å². The fourth-order valence-electron chi connectivity index (χ4n) is 2.63. The highest BCUT2D eigenvalue weighted by Gasteiger charge is 2.11. The highest BCUT2D eigenvalue weighted by Crippen LogP contribution is 2.29. The average molecular weight is 363 g/mol. The molecule has 0 aliphatic heterocycles. The van der Waals surface area contributed by atoms with Crippen LogP contribution in [0.5, 0.6) is 5.75 Å². The number of rotatable bonds is 4. The monoisotopic (exact) mass is 362 g/mol. The number of hydrogen-bond donors (Lipinski definition) is 1. The molecule has 3 aromatic rings. The van der Waals surface area contributed by atoms with E-state index >= 15 is 0 Å². The third-order valence-corrected chi connectivity index (χ3v) is 4.16. The molecule has 0 aliphatic carbocycles. The Bertz CT molecular complexity index is 1030. The molecular formula is C21H15ClN2O2. The van der Waals surface area contributed by atoms with Crippen molar-refractivity contribution >= 4 is 40.0 Å². The maximum absolute atomic E-state index is 12.4. The Morgan fingerprint density at radius 2 is 1.77 bits per heavy atom. The first-order valence-corrected chi connectivity index (χ1v) is 8.24. The Morgan fingerprint density at radius 1 is 1.08 bits per heavy atom. The molecule has 0 atom stereocenters. The van der Waals surface area contributed by atoms with Gasteiger partial charge < -0.3 is 10.1 Å². The van der Waals surface area contributed by atoms with Crippen LogP contribution in [0.2, 0.25) is 5.02 Å². The molecule has 0 unspecified atom stereocenters. The normalized spacial score (nSPS) is 11.0. The number of benzene rings is 3. The lowest BCUT2D eigenvalue weighted by molar-refractivity contribution is -0.112. The number of fused-ring (bicyclic) bond motifs is 1. The Kier molecular flexibility index (Phi) is 5.21. The molecule has 26 heavy (non-hydrogen) atoms. The first-order chi connectivity index (χ1) is 12.6. The molecule has 0 spiro atoms. The number of amides is 1. The van der Waals surface area contributed by atoms with E-state index in [1.165, 1.54) is 0 Å². The number of methoxy groups -OCH3 is 1. The van der Waals surface area contributed by atoms with Crippen LogP contribution >= 0.6 is 11.6 Å². The summed E-state index contributed by atoms with van der Waals surface area (Å²) < 4.78 is 5.37. The van der Waals surface area contributed by atoms with Crippen molar-refractivity contribution in [1.29, 1.82) is 5.26 Å². The van der Waals surface area contributed by atoms with Gasteiger partial charge in [-0.25, -0.2) is 0 Å². The molecule has 0 saturated carbocycles. The van der Waals surface area contributed by atoms with Gasteiger partial charge in [-0.3, -0.25) is 4.79 Å². The molecule has 3 aromatic carbocycles. The standard InChI is InChI=1S/C21H15ClN2O2/c1-26-20-11-6-14(18-4-2-3-5-19(18)20)12-15(13-23)21(25)24-17-9-7-16(22)8-10-17/h2-12H,1H3,(H,24,25)/b15-12-. The van der Waals surface area contributed by atoms with E-state index in [0.717, 1.165) is 22.1 Å². The van der Waals surface area contributed by atoms with E-state index in [4.69, 9.17) is 16.3 Å². The van der Waals surface area contributed by atoms with Crippen molar-refractivity contribution in [2.24, 2.45) is 0 Å².